The van der Waals surface area contributed by atoms with Crippen LogP contribution in [0, 0.1) is 18.3 Å². The maximum atomic E-state index is 13.7. The molecule has 1 fully saturated rings. The molecule has 0 bridgehead atoms. The fraction of sp³-hybridized carbons (Fsp3) is 0.222. The number of nitriles is 1. The van der Waals surface area contributed by atoms with Crippen LogP contribution in [0.3, 0.4) is 0 Å². The standard InChI is InChI=1S/C36H34N4O/c1-25-21-40(36(41)34-11-7-10-33(35(25)34)30-14-12-28(20-37)13-15-30)32-18-16-31(17-19-32)38-22-26(2)39(27(3)23-38)24-29-8-5-4-6-9-29/h4-19,21,26-27H,22-24H2,1-3H3. The lowest BCUT2D eigenvalue weighted by molar-refractivity contribution is 0.123. The highest BCUT2D eigenvalue weighted by Crippen LogP contribution is 2.31. The number of nitrogens with zero attached hydrogens (tertiary/aromatic N) is 4. The third-order valence-corrected chi connectivity index (χ3v) is 8.36. The van der Waals surface area contributed by atoms with Gasteiger partial charge in [0, 0.05) is 54.7 Å². The molecule has 0 N–H and O–H groups in total. The van der Waals surface area contributed by atoms with E-state index in [-0.39, 0.29) is 5.56 Å². The van der Waals surface area contributed by atoms with E-state index >= 15 is 0 Å². The second-order valence-corrected chi connectivity index (χ2v) is 11.2. The van der Waals surface area contributed by atoms with Crippen molar-refractivity contribution in [3.63, 3.8) is 0 Å². The molecule has 0 radical (unpaired) electrons. The molecule has 1 aliphatic rings. The van der Waals surface area contributed by atoms with Crippen molar-refractivity contribution in [2.45, 2.75) is 39.4 Å². The highest BCUT2D eigenvalue weighted by molar-refractivity contribution is 5.98. The number of piperazine rings is 1. The summed E-state index contributed by atoms with van der Waals surface area (Å²) in [7, 11) is 0. The van der Waals surface area contributed by atoms with E-state index in [0.29, 0.717) is 23.0 Å². The number of pyridine rings is 1. The van der Waals surface area contributed by atoms with Gasteiger partial charge in [0.1, 0.15) is 0 Å². The summed E-state index contributed by atoms with van der Waals surface area (Å²) < 4.78 is 1.76. The molecule has 4 aromatic carbocycles. The summed E-state index contributed by atoms with van der Waals surface area (Å²) in [5.41, 5.74) is 6.99. The Morgan fingerprint density at radius 1 is 0.805 bits per heavy atom. The number of rotatable bonds is 5. The van der Waals surface area contributed by atoms with Crippen LogP contribution in [-0.2, 0) is 6.54 Å². The first kappa shape index (κ1) is 26.6. The Morgan fingerprint density at radius 2 is 1.46 bits per heavy atom. The van der Waals surface area contributed by atoms with Crippen molar-refractivity contribution < 1.29 is 0 Å². The van der Waals surface area contributed by atoms with Crippen molar-refractivity contribution in [2.75, 3.05) is 18.0 Å². The van der Waals surface area contributed by atoms with E-state index in [0.717, 1.165) is 47.4 Å². The average Bonchev–Trinajstić information content (AvgIpc) is 3.01. The number of hydrogen-bond donors (Lipinski definition) is 0. The summed E-state index contributed by atoms with van der Waals surface area (Å²) in [6.07, 6.45) is 1.94. The van der Waals surface area contributed by atoms with Crippen LogP contribution in [0.4, 0.5) is 5.69 Å². The van der Waals surface area contributed by atoms with Crippen molar-refractivity contribution in [3.05, 3.63) is 130 Å². The second kappa shape index (κ2) is 11.1. The zero-order valence-electron chi connectivity index (χ0n) is 23.8. The highest BCUT2D eigenvalue weighted by atomic mass is 16.1. The van der Waals surface area contributed by atoms with E-state index in [1.54, 1.807) is 4.57 Å². The monoisotopic (exact) mass is 538 g/mol. The molecule has 204 valence electrons. The van der Waals surface area contributed by atoms with E-state index in [1.165, 1.54) is 11.3 Å². The molecule has 0 saturated carbocycles. The smallest absolute Gasteiger partial charge is 0.262 e. The van der Waals surface area contributed by atoms with Gasteiger partial charge in [0.25, 0.3) is 5.56 Å². The normalized spacial score (nSPS) is 17.5. The molecule has 5 aromatic rings. The van der Waals surface area contributed by atoms with E-state index in [4.69, 9.17) is 5.26 Å². The molecule has 5 nitrogen and oxygen atoms in total. The van der Waals surface area contributed by atoms with Crippen LogP contribution >= 0.6 is 0 Å². The molecule has 2 atom stereocenters. The molecular weight excluding hydrogens is 504 g/mol. The average molecular weight is 539 g/mol. The Morgan fingerprint density at radius 3 is 2.12 bits per heavy atom. The summed E-state index contributed by atoms with van der Waals surface area (Å²) in [6, 6.07) is 35.5. The quantitative estimate of drug-likeness (QED) is 0.243. The molecule has 1 aliphatic heterocycles. The van der Waals surface area contributed by atoms with Gasteiger partial charge >= 0.3 is 0 Å². The molecular formula is C36H34N4O. The van der Waals surface area contributed by atoms with Crippen molar-refractivity contribution in [1.82, 2.24) is 9.47 Å². The molecule has 0 aliphatic carbocycles. The Balaban J connectivity index is 1.26. The van der Waals surface area contributed by atoms with Crippen molar-refractivity contribution in [1.29, 1.82) is 5.26 Å². The fourth-order valence-corrected chi connectivity index (χ4v) is 6.26. The number of hydrogen-bond acceptors (Lipinski definition) is 4. The number of aromatic nitrogens is 1. The number of anilines is 1. The van der Waals surface area contributed by atoms with Crippen LogP contribution in [0.1, 0.15) is 30.5 Å². The van der Waals surface area contributed by atoms with Crippen molar-refractivity contribution in [2.24, 2.45) is 0 Å². The Bertz CT molecular complexity index is 1770. The first-order chi connectivity index (χ1) is 19.9. The topological polar surface area (TPSA) is 52.3 Å². The van der Waals surface area contributed by atoms with Gasteiger partial charge in [-0.1, -0.05) is 54.6 Å². The molecule has 1 aromatic heterocycles. The maximum Gasteiger partial charge on any atom is 0.262 e. The predicted molar refractivity (Wildman–Crippen MR) is 168 cm³/mol. The first-order valence-corrected chi connectivity index (χ1v) is 14.2. The molecule has 0 amide bonds. The van der Waals surface area contributed by atoms with Gasteiger partial charge in [-0.2, -0.15) is 5.26 Å². The van der Waals surface area contributed by atoms with Crippen molar-refractivity contribution >= 4 is 16.5 Å². The predicted octanol–water partition coefficient (Wildman–Crippen LogP) is 6.94. The summed E-state index contributed by atoms with van der Waals surface area (Å²) in [5, 5.41) is 10.8. The van der Waals surface area contributed by atoms with Crippen LogP contribution in [-0.4, -0.2) is 34.6 Å². The third-order valence-electron chi connectivity index (χ3n) is 8.36. The minimum absolute atomic E-state index is 0.0365. The summed E-state index contributed by atoms with van der Waals surface area (Å²) in [6.45, 7) is 9.56. The number of benzene rings is 4. The van der Waals surface area contributed by atoms with Gasteiger partial charge in [0.05, 0.1) is 11.6 Å². The van der Waals surface area contributed by atoms with Crippen LogP contribution in [0.25, 0.3) is 27.6 Å². The summed E-state index contributed by atoms with van der Waals surface area (Å²) in [5.74, 6) is 0. The molecule has 0 spiro atoms. The molecule has 5 heteroatoms. The number of aryl methyl sites for hydroxylation is 1. The minimum atomic E-state index is -0.0365. The van der Waals surface area contributed by atoms with Gasteiger partial charge in [-0.3, -0.25) is 14.3 Å². The third kappa shape index (κ3) is 5.15. The number of fused-ring (bicyclic) bond motifs is 1. The first-order valence-electron chi connectivity index (χ1n) is 14.2. The largest absolute Gasteiger partial charge is 0.368 e. The lowest BCUT2D eigenvalue weighted by Gasteiger charge is -2.45. The Kier molecular flexibility index (Phi) is 7.17. The van der Waals surface area contributed by atoms with Gasteiger partial charge < -0.3 is 4.90 Å². The zero-order valence-corrected chi connectivity index (χ0v) is 23.8. The van der Waals surface area contributed by atoms with Crippen LogP contribution in [0.15, 0.2) is 108 Å². The van der Waals surface area contributed by atoms with Crippen LogP contribution in [0.2, 0.25) is 0 Å². The van der Waals surface area contributed by atoms with Gasteiger partial charge in [-0.05, 0) is 90.9 Å². The maximum absolute atomic E-state index is 13.7. The molecule has 2 heterocycles. The Labute approximate surface area is 241 Å². The lowest BCUT2D eigenvalue weighted by atomic mass is 9.96. The van der Waals surface area contributed by atoms with E-state index in [2.05, 4.69) is 91.2 Å². The van der Waals surface area contributed by atoms with Crippen LogP contribution in [0.5, 0.6) is 0 Å². The lowest BCUT2D eigenvalue weighted by Crippen LogP contribution is -2.56. The van der Waals surface area contributed by atoms with Gasteiger partial charge in [-0.15, -0.1) is 0 Å². The van der Waals surface area contributed by atoms with Gasteiger partial charge in [0.15, 0.2) is 0 Å². The minimum Gasteiger partial charge on any atom is -0.368 e. The van der Waals surface area contributed by atoms with E-state index < -0.39 is 0 Å². The molecule has 2 unspecified atom stereocenters. The second-order valence-electron chi connectivity index (χ2n) is 11.2. The fourth-order valence-electron chi connectivity index (χ4n) is 6.26. The molecule has 1 saturated heterocycles. The zero-order chi connectivity index (χ0) is 28.5. The Hall–Kier alpha value is -4.66. The summed E-state index contributed by atoms with van der Waals surface area (Å²) >= 11 is 0. The van der Waals surface area contributed by atoms with Crippen molar-refractivity contribution in [3.8, 4) is 22.9 Å². The SMILES string of the molecule is Cc1cn(-c2ccc(N3CC(C)N(Cc4ccccc4)C(C)C3)cc2)c(=O)c2cccc(-c3ccc(C#N)cc3)c12. The molecule has 41 heavy (non-hydrogen) atoms. The summed E-state index contributed by atoms with van der Waals surface area (Å²) in [4.78, 5) is 18.8. The van der Waals surface area contributed by atoms with Crippen LogP contribution < -0.4 is 10.5 Å². The molecule has 6 rings (SSSR count). The van der Waals surface area contributed by atoms with Gasteiger partial charge in [0.2, 0.25) is 0 Å². The van der Waals surface area contributed by atoms with Gasteiger partial charge in [-0.25, -0.2) is 0 Å². The van der Waals surface area contributed by atoms with E-state index in [9.17, 15) is 4.79 Å². The highest BCUT2D eigenvalue weighted by Gasteiger charge is 2.29. The van der Waals surface area contributed by atoms with E-state index in [1.807, 2.05) is 48.7 Å².